The van der Waals surface area contributed by atoms with Crippen molar-refractivity contribution in [3.8, 4) is 5.69 Å². The lowest BCUT2D eigenvalue weighted by Crippen LogP contribution is -2.02. The molecule has 17 heavy (non-hydrogen) atoms. The number of aromatic nitrogens is 1. The smallest absolute Gasteiger partial charge is 0.229 e. The van der Waals surface area contributed by atoms with Gasteiger partial charge in [0.15, 0.2) is 0 Å². The van der Waals surface area contributed by atoms with E-state index in [9.17, 15) is 10.1 Å². The molecule has 88 valence electrons. The van der Waals surface area contributed by atoms with Gasteiger partial charge in [-0.05, 0) is 38.1 Å². The molecule has 4 heteroatoms. The van der Waals surface area contributed by atoms with E-state index in [0.29, 0.717) is 0 Å². The third-order valence-corrected chi connectivity index (χ3v) is 2.75. The lowest BCUT2D eigenvalue weighted by molar-refractivity contribution is -0.496. The van der Waals surface area contributed by atoms with Gasteiger partial charge in [0.2, 0.25) is 6.54 Å². The van der Waals surface area contributed by atoms with Gasteiger partial charge in [-0.3, -0.25) is 10.1 Å². The third-order valence-electron chi connectivity index (χ3n) is 2.75. The van der Waals surface area contributed by atoms with Gasteiger partial charge in [-0.1, -0.05) is 12.1 Å². The van der Waals surface area contributed by atoms with Crippen molar-refractivity contribution in [3.05, 3.63) is 63.5 Å². The summed E-state index contributed by atoms with van der Waals surface area (Å²) in [6.07, 6.45) is 0. The van der Waals surface area contributed by atoms with Crippen LogP contribution < -0.4 is 0 Å². The largest absolute Gasteiger partial charge is 0.319 e. The highest BCUT2D eigenvalue weighted by Crippen LogP contribution is 2.17. The van der Waals surface area contributed by atoms with E-state index in [1.807, 2.05) is 44.2 Å². The van der Waals surface area contributed by atoms with Gasteiger partial charge in [0.05, 0.1) is 0 Å². The molecule has 4 nitrogen and oxygen atoms in total. The zero-order chi connectivity index (χ0) is 12.4. The van der Waals surface area contributed by atoms with Gasteiger partial charge in [0.1, 0.15) is 0 Å². The molecule has 0 amide bonds. The van der Waals surface area contributed by atoms with Crippen molar-refractivity contribution >= 4 is 0 Å². The molecule has 2 rings (SSSR count). The van der Waals surface area contributed by atoms with Gasteiger partial charge < -0.3 is 4.57 Å². The van der Waals surface area contributed by atoms with Gasteiger partial charge in [0, 0.05) is 27.6 Å². The molecule has 1 aromatic heterocycles. The Bertz CT molecular complexity index is 539. The summed E-state index contributed by atoms with van der Waals surface area (Å²) < 4.78 is 2.09. The van der Waals surface area contributed by atoms with Crippen LogP contribution in [0, 0.1) is 24.0 Å². The van der Waals surface area contributed by atoms with Crippen LogP contribution >= 0.6 is 0 Å². The number of aryl methyl sites for hydroxylation is 2. The average molecular weight is 230 g/mol. The van der Waals surface area contributed by atoms with E-state index < -0.39 is 0 Å². The summed E-state index contributed by atoms with van der Waals surface area (Å²) in [6.45, 7) is 3.91. The second-order valence-electron chi connectivity index (χ2n) is 4.11. The van der Waals surface area contributed by atoms with E-state index >= 15 is 0 Å². The molecule has 0 aliphatic heterocycles. The first kappa shape index (κ1) is 11.4. The van der Waals surface area contributed by atoms with Gasteiger partial charge >= 0.3 is 0 Å². The van der Waals surface area contributed by atoms with Crippen molar-refractivity contribution in [2.24, 2.45) is 0 Å². The minimum atomic E-state index is -0.311. The van der Waals surface area contributed by atoms with Crippen LogP contribution in [0.2, 0.25) is 0 Å². The summed E-state index contributed by atoms with van der Waals surface area (Å²) >= 11 is 0. The van der Waals surface area contributed by atoms with E-state index in [2.05, 4.69) is 4.57 Å². The van der Waals surface area contributed by atoms with Gasteiger partial charge in [-0.15, -0.1) is 0 Å². The second-order valence-corrected chi connectivity index (χ2v) is 4.11. The quantitative estimate of drug-likeness (QED) is 0.601. The Labute approximate surface area is 99.7 Å². The standard InChI is InChI=1S/C13H14N2O2/c1-10-6-7-11(2)15(10)13-5-3-4-12(8-13)9-14(16)17/h3-8H,9H2,1-2H3. The Morgan fingerprint density at radius 3 is 2.41 bits per heavy atom. The molecule has 0 radical (unpaired) electrons. The molecule has 0 aliphatic rings. The Morgan fingerprint density at radius 1 is 1.18 bits per heavy atom. The van der Waals surface area contributed by atoms with Gasteiger partial charge in [-0.2, -0.15) is 0 Å². The number of nitrogens with zero attached hydrogens (tertiary/aromatic N) is 2. The molecule has 0 aliphatic carbocycles. The molecule has 0 unspecified atom stereocenters. The van der Waals surface area contributed by atoms with Crippen LogP contribution in [0.15, 0.2) is 36.4 Å². The van der Waals surface area contributed by atoms with Crippen LogP contribution in [0.4, 0.5) is 0 Å². The Kier molecular flexibility index (Phi) is 2.95. The third kappa shape index (κ3) is 2.36. The van der Waals surface area contributed by atoms with Crippen molar-refractivity contribution in [2.75, 3.05) is 0 Å². The van der Waals surface area contributed by atoms with Crippen molar-refractivity contribution in [1.29, 1.82) is 0 Å². The highest BCUT2D eigenvalue weighted by Gasteiger charge is 2.06. The average Bonchev–Trinajstić information content (AvgIpc) is 2.58. The molecule has 1 heterocycles. The maximum atomic E-state index is 10.5. The first-order valence-electron chi connectivity index (χ1n) is 5.44. The van der Waals surface area contributed by atoms with Gasteiger partial charge in [-0.25, -0.2) is 0 Å². The molecule has 1 aromatic carbocycles. The fourth-order valence-corrected chi connectivity index (χ4v) is 2.02. The normalized spacial score (nSPS) is 10.5. The summed E-state index contributed by atoms with van der Waals surface area (Å²) in [7, 11) is 0. The number of benzene rings is 1. The number of hydrogen-bond donors (Lipinski definition) is 0. The molecular formula is C13H14N2O2. The molecule has 0 N–H and O–H groups in total. The first-order chi connectivity index (χ1) is 8.08. The molecule has 2 aromatic rings. The highest BCUT2D eigenvalue weighted by molar-refractivity contribution is 5.40. The molecular weight excluding hydrogens is 216 g/mol. The minimum Gasteiger partial charge on any atom is -0.319 e. The van der Waals surface area contributed by atoms with E-state index in [1.165, 1.54) is 0 Å². The SMILES string of the molecule is Cc1ccc(C)n1-c1cccc(C[N+](=O)[O-])c1. The summed E-state index contributed by atoms with van der Waals surface area (Å²) in [5, 5.41) is 10.5. The van der Waals surface area contributed by atoms with Crippen LogP contribution in [0.1, 0.15) is 17.0 Å². The topological polar surface area (TPSA) is 48.1 Å². The predicted octanol–water partition coefficient (Wildman–Crippen LogP) is 2.87. The van der Waals surface area contributed by atoms with Gasteiger partial charge in [0.25, 0.3) is 0 Å². The van der Waals surface area contributed by atoms with Crippen LogP contribution in [-0.2, 0) is 6.54 Å². The molecule has 0 fully saturated rings. The van der Waals surface area contributed by atoms with E-state index in [-0.39, 0.29) is 11.5 Å². The summed E-state index contributed by atoms with van der Waals surface area (Å²) in [6, 6.07) is 11.5. The van der Waals surface area contributed by atoms with Crippen molar-refractivity contribution in [1.82, 2.24) is 4.57 Å². The lowest BCUT2D eigenvalue weighted by atomic mass is 10.2. The Balaban J connectivity index is 2.43. The number of nitro groups is 1. The monoisotopic (exact) mass is 230 g/mol. The zero-order valence-corrected chi connectivity index (χ0v) is 9.88. The lowest BCUT2D eigenvalue weighted by Gasteiger charge is -2.10. The summed E-state index contributed by atoms with van der Waals surface area (Å²) in [4.78, 5) is 10.2. The zero-order valence-electron chi connectivity index (χ0n) is 9.88. The fraction of sp³-hybridized carbons (Fsp3) is 0.231. The summed E-state index contributed by atoms with van der Waals surface area (Å²) in [5.41, 5.74) is 3.95. The van der Waals surface area contributed by atoms with Crippen molar-refractivity contribution < 1.29 is 4.92 Å². The number of hydrogen-bond acceptors (Lipinski definition) is 2. The van der Waals surface area contributed by atoms with Crippen LogP contribution in [0.3, 0.4) is 0 Å². The van der Waals surface area contributed by atoms with E-state index in [0.717, 1.165) is 22.6 Å². The van der Waals surface area contributed by atoms with Crippen LogP contribution in [0.5, 0.6) is 0 Å². The maximum Gasteiger partial charge on any atom is 0.229 e. The molecule has 0 bridgehead atoms. The van der Waals surface area contributed by atoms with Crippen molar-refractivity contribution in [2.45, 2.75) is 20.4 Å². The van der Waals surface area contributed by atoms with E-state index in [1.54, 1.807) is 6.07 Å². The predicted molar refractivity (Wildman–Crippen MR) is 65.9 cm³/mol. The summed E-state index contributed by atoms with van der Waals surface area (Å²) in [5.74, 6) is 0. The molecule has 0 spiro atoms. The molecule has 0 saturated carbocycles. The van der Waals surface area contributed by atoms with E-state index in [4.69, 9.17) is 0 Å². The van der Waals surface area contributed by atoms with Crippen molar-refractivity contribution in [3.63, 3.8) is 0 Å². The van der Waals surface area contributed by atoms with Crippen LogP contribution in [-0.4, -0.2) is 9.49 Å². The Morgan fingerprint density at radius 2 is 1.82 bits per heavy atom. The first-order valence-corrected chi connectivity index (χ1v) is 5.44. The number of rotatable bonds is 3. The molecule has 0 atom stereocenters. The molecule has 0 saturated heterocycles. The Hall–Kier alpha value is -2.10. The minimum absolute atomic E-state index is 0.132. The fourth-order valence-electron chi connectivity index (χ4n) is 2.02. The maximum absolute atomic E-state index is 10.5. The van der Waals surface area contributed by atoms with Crippen LogP contribution in [0.25, 0.3) is 5.69 Å². The highest BCUT2D eigenvalue weighted by atomic mass is 16.6. The second kappa shape index (κ2) is 4.41.